The second kappa shape index (κ2) is 9.69. The van der Waals surface area contributed by atoms with Crippen molar-refractivity contribution >= 4 is 29.3 Å². The zero-order valence-electron chi connectivity index (χ0n) is 15.8. The molecule has 0 radical (unpaired) electrons. The molecule has 0 aromatic heterocycles. The third-order valence-corrected chi connectivity index (χ3v) is 6.18. The highest BCUT2D eigenvalue weighted by molar-refractivity contribution is 7.99. The van der Waals surface area contributed by atoms with E-state index in [1.807, 2.05) is 4.90 Å². The summed E-state index contributed by atoms with van der Waals surface area (Å²) >= 11 is 0.475. The van der Waals surface area contributed by atoms with Gasteiger partial charge >= 0.3 is 0 Å². The summed E-state index contributed by atoms with van der Waals surface area (Å²) in [6.07, 6.45) is 4.51. The number of benzene rings is 1. The van der Waals surface area contributed by atoms with Crippen LogP contribution in [0.5, 0.6) is 0 Å². The molecule has 0 spiro atoms. The molecule has 1 N–H and O–H groups in total. The lowest BCUT2D eigenvalue weighted by atomic mass is 9.78. The van der Waals surface area contributed by atoms with E-state index in [2.05, 4.69) is 5.32 Å². The third kappa shape index (κ3) is 5.91. The number of anilines is 1. The van der Waals surface area contributed by atoms with Crippen LogP contribution in [-0.2, 0) is 14.3 Å². The Kier molecular flexibility index (Phi) is 7.29. The molecule has 0 atom stereocenters. The third-order valence-electron chi connectivity index (χ3n) is 5.45. The zero-order chi connectivity index (χ0) is 20.0. The smallest absolute Gasteiger partial charge is 0.288 e. The van der Waals surface area contributed by atoms with Crippen molar-refractivity contribution in [2.24, 2.45) is 5.41 Å². The van der Waals surface area contributed by atoms with Crippen LogP contribution < -0.4 is 5.32 Å². The Balaban J connectivity index is 1.57. The maximum atomic E-state index is 12.7. The fourth-order valence-electron chi connectivity index (χ4n) is 4.05. The largest absolute Gasteiger partial charge is 0.378 e. The van der Waals surface area contributed by atoms with Gasteiger partial charge in [-0.05, 0) is 42.5 Å². The molecule has 8 heteroatoms. The number of hydrogen-bond donors (Lipinski definition) is 1. The summed E-state index contributed by atoms with van der Waals surface area (Å²) in [5, 5.41) is 2.85. The fraction of sp³-hybridized carbons (Fsp3) is 0.600. The number of amides is 2. The first-order valence-corrected chi connectivity index (χ1v) is 10.5. The van der Waals surface area contributed by atoms with Crippen LogP contribution in [0, 0.1) is 5.41 Å². The number of alkyl halides is 2. The lowest BCUT2D eigenvalue weighted by Gasteiger charge is -2.33. The van der Waals surface area contributed by atoms with Gasteiger partial charge in [-0.2, -0.15) is 8.78 Å². The summed E-state index contributed by atoms with van der Waals surface area (Å²) in [5.74, 6) is -2.50. The highest BCUT2D eigenvalue weighted by atomic mass is 32.2. The van der Waals surface area contributed by atoms with Gasteiger partial charge in [0.25, 0.3) is 5.76 Å². The van der Waals surface area contributed by atoms with Crippen LogP contribution in [0.15, 0.2) is 29.2 Å². The fourth-order valence-corrected chi connectivity index (χ4v) is 4.55. The standard InChI is InChI=1S/C20H26F2N2O3S/c21-19(22)28-16-5-3-15(4-6-16)23-17(25)13-20(7-1-2-8-20)14-18(26)24-9-11-27-12-10-24/h3-6,19H,1-2,7-14H2,(H,23,25). The van der Waals surface area contributed by atoms with Gasteiger partial charge < -0.3 is 15.0 Å². The van der Waals surface area contributed by atoms with Crippen LogP contribution in [0.2, 0.25) is 0 Å². The van der Waals surface area contributed by atoms with Crippen molar-refractivity contribution in [3.63, 3.8) is 0 Å². The summed E-state index contributed by atoms with van der Waals surface area (Å²) in [6, 6.07) is 6.39. The topological polar surface area (TPSA) is 58.6 Å². The second-order valence-electron chi connectivity index (χ2n) is 7.50. The SMILES string of the molecule is O=C(CC1(CC(=O)N2CCOCC2)CCCC1)Nc1ccc(SC(F)F)cc1. The monoisotopic (exact) mass is 412 g/mol. The molecule has 1 aliphatic heterocycles. The van der Waals surface area contributed by atoms with Crippen LogP contribution in [0.3, 0.4) is 0 Å². The van der Waals surface area contributed by atoms with Crippen molar-refractivity contribution in [1.82, 2.24) is 4.90 Å². The van der Waals surface area contributed by atoms with E-state index in [0.29, 0.717) is 61.5 Å². The maximum absolute atomic E-state index is 12.7. The zero-order valence-corrected chi connectivity index (χ0v) is 16.6. The molecular formula is C20H26F2N2O3S. The van der Waals surface area contributed by atoms with Crippen LogP contribution in [0.1, 0.15) is 38.5 Å². The molecule has 28 heavy (non-hydrogen) atoms. The first-order chi connectivity index (χ1) is 13.5. The minimum absolute atomic E-state index is 0.103. The minimum atomic E-state index is -2.47. The quantitative estimate of drug-likeness (QED) is 0.684. The van der Waals surface area contributed by atoms with Crippen molar-refractivity contribution in [3.05, 3.63) is 24.3 Å². The average Bonchev–Trinajstić information content (AvgIpc) is 3.11. The lowest BCUT2D eigenvalue weighted by Crippen LogP contribution is -2.43. The Morgan fingerprint density at radius 1 is 1.11 bits per heavy atom. The van der Waals surface area contributed by atoms with Crippen molar-refractivity contribution in [3.8, 4) is 0 Å². The number of hydrogen-bond acceptors (Lipinski definition) is 4. The molecule has 5 nitrogen and oxygen atoms in total. The van der Waals surface area contributed by atoms with Crippen molar-refractivity contribution in [1.29, 1.82) is 0 Å². The van der Waals surface area contributed by atoms with Crippen LogP contribution >= 0.6 is 11.8 Å². The molecule has 1 saturated heterocycles. The van der Waals surface area contributed by atoms with E-state index in [-0.39, 0.29) is 17.2 Å². The van der Waals surface area contributed by atoms with E-state index in [1.54, 1.807) is 24.3 Å². The Morgan fingerprint density at radius 2 is 1.75 bits per heavy atom. The predicted octanol–water partition coefficient (Wildman–Crippen LogP) is 4.14. The Morgan fingerprint density at radius 3 is 2.36 bits per heavy atom. The molecule has 2 amide bonds. The number of halogens is 2. The summed E-state index contributed by atoms with van der Waals surface area (Å²) in [7, 11) is 0. The molecule has 1 heterocycles. The van der Waals surface area contributed by atoms with E-state index in [0.717, 1.165) is 25.7 Å². The van der Waals surface area contributed by atoms with E-state index in [1.165, 1.54) is 0 Å². The van der Waals surface area contributed by atoms with Gasteiger partial charge in [0.15, 0.2) is 0 Å². The normalized spacial score (nSPS) is 19.0. The van der Waals surface area contributed by atoms with Gasteiger partial charge in [0.2, 0.25) is 11.8 Å². The van der Waals surface area contributed by atoms with Crippen LogP contribution in [0.25, 0.3) is 0 Å². The van der Waals surface area contributed by atoms with Crippen molar-refractivity contribution in [2.45, 2.75) is 49.2 Å². The van der Waals surface area contributed by atoms with E-state index >= 15 is 0 Å². The Labute approximate surface area is 168 Å². The highest BCUT2D eigenvalue weighted by Gasteiger charge is 2.39. The van der Waals surface area contributed by atoms with Gasteiger partial charge in [-0.15, -0.1) is 0 Å². The Hall–Kier alpha value is -1.67. The van der Waals surface area contributed by atoms with E-state index in [9.17, 15) is 18.4 Å². The number of rotatable bonds is 7. The van der Waals surface area contributed by atoms with E-state index < -0.39 is 5.76 Å². The summed E-state index contributed by atoms with van der Waals surface area (Å²) in [5.41, 5.74) is 0.293. The molecule has 1 aromatic rings. The molecule has 0 bridgehead atoms. The van der Waals surface area contributed by atoms with Crippen LogP contribution in [0.4, 0.5) is 14.5 Å². The number of morpholine rings is 1. The molecule has 0 unspecified atom stereocenters. The number of thioether (sulfide) groups is 1. The first kappa shape index (κ1) is 21.0. The molecule has 1 saturated carbocycles. The lowest BCUT2D eigenvalue weighted by molar-refractivity contribution is -0.138. The van der Waals surface area contributed by atoms with Gasteiger partial charge in [0.1, 0.15) is 0 Å². The number of nitrogens with zero attached hydrogens (tertiary/aromatic N) is 1. The summed E-state index contributed by atoms with van der Waals surface area (Å²) in [4.78, 5) is 27.6. The molecule has 1 aliphatic carbocycles. The molecule has 2 fully saturated rings. The number of carbonyl (C=O) groups excluding carboxylic acids is 2. The average molecular weight is 413 g/mol. The predicted molar refractivity (Wildman–Crippen MR) is 104 cm³/mol. The molecule has 3 rings (SSSR count). The summed E-state index contributed by atoms with van der Waals surface area (Å²) in [6.45, 7) is 2.37. The highest BCUT2D eigenvalue weighted by Crippen LogP contribution is 2.44. The number of nitrogens with one attached hydrogen (secondary N) is 1. The maximum Gasteiger partial charge on any atom is 0.288 e. The van der Waals surface area contributed by atoms with Gasteiger partial charge in [-0.1, -0.05) is 24.6 Å². The molecule has 154 valence electrons. The Bertz CT molecular complexity index is 673. The second-order valence-corrected chi connectivity index (χ2v) is 8.57. The van der Waals surface area contributed by atoms with Crippen molar-refractivity contribution in [2.75, 3.05) is 31.6 Å². The van der Waals surface area contributed by atoms with Crippen molar-refractivity contribution < 1.29 is 23.1 Å². The van der Waals surface area contributed by atoms with Crippen LogP contribution in [-0.4, -0.2) is 48.8 Å². The number of ether oxygens (including phenoxy) is 1. The number of carbonyl (C=O) groups is 2. The van der Waals surface area contributed by atoms with E-state index in [4.69, 9.17) is 4.74 Å². The first-order valence-electron chi connectivity index (χ1n) is 9.66. The summed E-state index contributed by atoms with van der Waals surface area (Å²) < 4.78 is 30.1. The molecule has 1 aromatic carbocycles. The molecule has 2 aliphatic rings. The van der Waals surface area contributed by atoms with Gasteiger partial charge in [-0.25, -0.2) is 0 Å². The molecular weight excluding hydrogens is 386 g/mol. The van der Waals surface area contributed by atoms with Gasteiger partial charge in [0.05, 0.1) is 13.2 Å². The minimum Gasteiger partial charge on any atom is -0.378 e. The van der Waals surface area contributed by atoms with Gasteiger partial charge in [0, 0.05) is 36.5 Å². The van der Waals surface area contributed by atoms with Gasteiger partial charge in [-0.3, -0.25) is 9.59 Å².